The number of nitrogens with zero attached hydrogens (tertiary/aromatic N) is 1. The Bertz CT molecular complexity index is 438. The molecule has 1 aliphatic rings. The van der Waals surface area contributed by atoms with Crippen LogP contribution < -0.4 is 10.6 Å². The largest absolute Gasteiger partial charge is 0.370 e. The second-order valence-corrected chi connectivity index (χ2v) is 9.18. The van der Waals surface area contributed by atoms with Crippen molar-refractivity contribution in [2.75, 3.05) is 0 Å². The van der Waals surface area contributed by atoms with E-state index < -0.39 is 0 Å². The average Bonchev–Trinajstić information content (AvgIpc) is 3.20. The second-order valence-electron chi connectivity index (χ2n) is 9.18. The molecular weight excluding hydrogens is 370 g/mol. The molecule has 2 N–H and O–H groups in total. The van der Waals surface area contributed by atoms with E-state index in [1.54, 1.807) is 0 Å². The zero-order valence-corrected chi connectivity index (χ0v) is 20.4. The topological polar surface area (TPSA) is 44.4 Å². The highest BCUT2D eigenvalue weighted by atomic mass is 16.1. The van der Waals surface area contributed by atoms with Gasteiger partial charge in [-0.05, 0) is 26.2 Å². The molecule has 0 spiro atoms. The molecule has 0 aromatic heterocycles. The van der Waals surface area contributed by atoms with Gasteiger partial charge in [-0.3, -0.25) is 4.79 Å². The summed E-state index contributed by atoms with van der Waals surface area (Å²) in [5.41, 5.74) is 0. The molecule has 1 rings (SSSR count). The van der Waals surface area contributed by atoms with E-state index >= 15 is 0 Å². The van der Waals surface area contributed by atoms with Gasteiger partial charge in [0.25, 0.3) is 0 Å². The molecule has 176 valence electrons. The molecule has 1 heterocycles. The highest BCUT2D eigenvalue weighted by Crippen LogP contribution is 2.17. The fourth-order valence-corrected chi connectivity index (χ4v) is 4.33. The number of unbranched alkanes of at least 4 members (excludes halogenated alkanes) is 14. The summed E-state index contributed by atoms with van der Waals surface area (Å²) in [5, 5.41) is 6.65. The van der Waals surface area contributed by atoms with Crippen molar-refractivity contribution in [3.8, 4) is 0 Å². The minimum absolute atomic E-state index is 0.0527. The van der Waals surface area contributed by atoms with Gasteiger partial charge in [0, 0.05) is 18.8 Å². The maximum absolute atomic E-state index is 12.3. The molecule has 1 aliphatic heterocycles. The fraction of sp³-hybridized carbons (Fsp3) is 0.885. The van der Waals surface area contributed by atoms with Crippen LogP contribution in [0.4, 0.5) is 0 Å². The molecule has 4 heteroatoms. The van der Waals surface area contributed by atoms with E-state index in [0.29, 0.717) is 12.6 Å². The van der Waals surface area contributed by atoms with Gasteiger partial charge in [-0.25, -0.2) is 0 Å². The average molecular weight is 422 g/mol. The Balaban J connectivity index is 2.07. The van der Waals surface area contributed by atoms with Crippen LogP contribution in [-0.2, 0) is 4.79 Å². The third-order valence-corrected chi connectivity index (χ3v) is 6.30. The van der Waals surface area contributed by atoms with E-state index in [9.17, 15) is 4.79 Å². The first kappa shape index (κ1) is 26.8. The quantitative estimate of drug-likeness (QED) is 0.204. The smallest absolute Gasteiger partial charge is 0.221 e. The van der Waals surface area contributed by atoms with Gasteiger partial charge < -0.3 is 15.5 Å². The molecule has 0 saturated heterocycles. The molecule has 4 nitrogen and oxygen atoms in total. The van der Waals surface area contributed by atoms with E-state index in [0.717, 1.165) is 12.8 Å². The molecule has 1 amide bonds. The Morgan fingerprint density at radius 1 is 0.833 bits per heavy atom. The maximum atomic E-state index is 12.3. The lowest BCUT2D eigenvalue weighted by Gasteiger charge is -2.32. The summed E-state index contributed by atoms with van der Waals surface area (Å²) in [4.78, 5) is 14.6. The van der Waals surface area contributed by atoms with E-state index in [1.165, 1.54) is 96.3 Å². The Labute approximate surface area is 187 Å². The van der Waals surface area contributed by atoms with Gasteiger partial charge in [0.05, 0.1) is 12.3 Å². The highest BCUT2D eigenvalue weighted by Gasteiger charge is 2.23. The van der Waals surface area contributed by atoms with Crippen molar-refractivity contribution in [3.05, 3.63) is 12.4 Å². The maximum Gasteiger partial charge on any atom is 0.221 e. The minimum atomic E-state index is 0.0527. The SMILES string of the molecule is CCCCCCCCCCCC(=O)NC(C)N1C=CNC1CCCCCCCCC. The van der Waals surface area contributed by atoms with Crippen molar-refractivity contribution in [2.24, 2.45) is 0 Å². The molecule has 0 aromatic rings. The molecule has 0 aromatic carbocycles. The minimum Gasteiger partial charge on any atom is -0.370 e. The predicted octanol–water partition coefficient (Wildman–Crippen LogP) is 7.21. The summed E-state index contributed by atoms with van der Waals surface area (Å²) in [6, 6.07) is 0. The predicted molar refractivity (Wildman–Crippen MR) is 130 cm³/mol. The van der Waals surface area contributed by atoms with E-state index in [2.05, 4.69) is 42.5 Å². The third kappa shape index (κ3) is 13.2. The van der Waals surface area contributed by atoms with Crippen molar-refractivity contribution in [2.45, 2.75) is 149 Å². The van der Waals surface area contributed by atoms with Crippen LogP contribution in [0.1, 0.15) is 136 Å². The zero-order valence-electron chi connectivity index (χ0n) is 20.4. The summed E-state index contributed by atoms with van der Waals surface area (Å²) in [7, 11) is 0. The van der Waals surface area contributed by atoms with Gasteiger partial charge in [-0.15, -0.1) is 0 Å². The van der Waals surface area contributed by atoms with Crippen molar-refractivity contribution in [1.82, 2.24) is 15.5 Å². The first-order valence-electron chi connectivity index (χ1n) is 13.2. The Kier molecular flexibility index (Phi) is 16.6. The number of carbonyl (C=O) groups is 1. The lowest BCUT2D eigenvalue weighted by atomic mass is 10.1. The summed E-state index contributed by atoms with van der Waals surface area (Å²) in [5.74, 6) is 0.195. The molecule has 30 heavy (non-hydrogen) atoms. The summed E-state index contributed by atoms with van der Waals surface area (Å²) in [6.45, 7) is 6.63. The molecule has 0 fully saturated rings. The standard InChI is InChI=1S/C26H51N3O/c1-4-6-8-10-12-13-15-17-19-21-26(30)28-24(3)29-23-22-27-25(29)20-18-16-14-11-9-7-5-2/h22-25,27H,4-21H2,1-3H3,(H,28,30). The molecule has 0 aliphatic carbocycles. The number of carbonyl (C=O) groups excluding carboxylic acids is 1. The molecule has 0 radical (unpaired) electrons. The number of nitrogens with one attached hydrogen (secondary N) is 2. The first-order chi connectivity index (χ1) is 14.7. The van der Waals surface area contributed by atoms with Crippen molar-refractivity contribution in [3.63, 3.8) is 0 Å². The number of amides is 1. The molecule has 2 unspecified atom stereocenters. The second kappa shape index (κ2) is 18.6. The van der Waals surface area contributed by atoms with Crippen LogP contribution in [0, 0.1) is 0 Å². The van der Waals surface area contributed by atoms with Crippen molar-refractivity contribution >= 4 is 5.91 Å². The van der Waals surface area contributed by atoms with Gasteiger partial charge in [0.1, 0.15) is 0 Å². The van der Waals surface area contributed by atoms with Gasteiger partial charge in [-0.1, -0.05) is 104 Å². The van der Waals surface area contributed by atoms with Crippen LogP contribution in [0.25, 0.3) is 0 Å². The van der Waals surface area contributed by atoms with Crippen molar-refractivity contribution in [1.29, 1.82) is 0 Å². The Hall–Kier alpha value is -1.19. The van der Waals surface area contributed by atoms with E-state index in [1.807, 2.05) is 6.20 Å². The van der Waals surface area contributed by atoms with Crippen LogP contribution in [0.5, 0.6) is 0 Å². The number of hydrogen-bond donors (Lipinski definition) is 2. The van der Waals surface area contributed by atoms with Crippen LogP contribution in [0.2, 0.25) is 0 Å². The van der Waals surface area contributed by atoms with Crippen LogP contribution in [0.15, 0.2) is 12.4 Å². The molecule has 0 bridgehead atoms. The molecular formula is C26H51N3O. The van der Waals surface area contributed by atoms with Gasteiger partial charge >= 0.3 is 0 Å². The summed E-state index contributed by atoms with van der Waals surface area (Å²) in [6.07, 6.45) is 27.3. The van der Waals surface area contributed by atoms with Crippen LogP contribution in [0.3, 0.4) is 0 Å². The fourth-order valence-electron chi connectivity index (χ4n) is 4.33. The lowest BCUT2D eigenvalue weighted by Crippen LogP contribution is -2.49. The molecule has 0 saturated carbocycles. The summed E-state index contributed by atoms with van der Waals surface area (Å²) < 4.78 is 0. The zero-order chi connectivity index (χ0) is 21.9. The Morgan fingerprint density at radius 2 is 1.33 bits per heavy atom. The van der Waals surface area contributed by atoms with Gasteiger partial charge in [0.2, 0.25) is 5.91 Å². The lowest BCUT2D eigenvalue weighted by molar-refractivity contribution is -0.122. The number of hydrogen-bond acceptors (Lipinski definition) is 3. The van der Waals surface area contributed by atoms with Gasteiger partial charge in [-0.2, -0.15) is 0 Å². The van der Waals surface area contributed by atoms with Crippen molar-refractivity contribution < 1.29 is 4.79 Å². The van der Waals surface area contributed by atoms with E-state index in [-0.39, 0.29) is 12.1 Å². The molecule has 2 atom stereocenters. The first-order valence-corrected chi connectivity index (χ1v) is 13.2. The van der Waals surface area contributed by atoms with Crippen LogP contribution in [-0.4, -0.2) is 23.1 Å². The summed E-state index contributed by atoms with van der Waals surface area (Å²) >= 11 is 0. The highest BCUT2D eigenvalue weighted by molar-refractivity contribution is 5.76. The normalized spacial score (nSPS) is 16.6. The third-order valence-electron chi connectivity index (χ3n) is 6.30. The number of rotatable bonds is 20. The monoisotopic (exact) mass is 421 g/mol. The van der Waals surface area contributed by atoms with E-state index in [4.69, 9.17) is 0 Å². The Morgan fingerprint density at radius 3 is 1.90 bits per heavy atom. The van der Waals surface area contributed by atoms with Crippen LogP contribution >= 0.6 is 0 Å². The van der Waals surface area contributed by atoms with Gasteiger partial charge in [0.15, 0.2) is 0 Å².